The van der Waals surface area contributed by atoms with E-state index in [0.717, 1.165) is 26.1 Å². The van der Waals surface area contributed by atoms with Crippen LogP contribution in [0.15, 0.2) is 18.3 Å². The Balaban J connectivity index is 2.21. The maximum absolute atomic E-state index is 10.6. The lowest BCUT2D eigenvalue weighted by molar-refractivity contribution is -0.118. The van der Waals surface area contributed by atoms with Crippen LogP contribution in [0.3, 0.4) is 0 Å². The molecule has 0 radical (unpaired) electrons. The number of aromatic nitrogens is 1. The summed E-state index contributed by atoms with van der Waals surface area (Å²) in [4.78, 5) is 10.6. The van der Waals surface area contributed by atoms with Crippen LogP contribution >= 0.6 is 0 Å². The highest BCUT2D eigenvalue weighted by atomic mass is 16.1. The van der Waals surface area contributed by atoms with Crippen LogP contribution in [0, 0.1) is 0 Å². The van der Waals surface area contributed by atoms with E-state index in [1.165, 1.54) is 12.6 Å². The van der Waals surface area contributed by atoms with Gasteiger partial charge in [0.2, 0.25) is 5.91 Å². The van der Waals surface area contributed by atoms with Gasteiger partial charge in [0.15, 0.2) is 0 Å². The maximum Gasteiger partial charge on any atom is 0.216 e. The number of carbonyl (C=O) groups excluding carboxylic acids is 1. The van der Waals surface area contributed by atoms with E-state index in [9.17, 15) is 4.79 Å². The number of nitrogens with one attached hydrogen (secondary N) is 2. The summed E-state index contributed by atoms with van der Waals surface area (Å²) in [6.07, 6.45) is 3.25. The minimum Gasteiger partial charge on any atom is -0.355 e. The van der Waals surface area contributed by atoms with Crippen LogP contribution in [0.5, 0.6) is 0 Å². The third-order valence-electron chi connectivity index (χ3n) is 2.37. The standard InChI is InChI=1S/C12H21N3O/c1-3-8-15-9-4-5-12(15)10-13-6-7-14-11(2)16/h4-5,9,13H,3,6-8,10H2,1-2H3,(H,14,16). The lowest BCUT2D eigenvalue weighted by atomic mass is 10.4. The monoisotopic (exact) mass is 223 g/mol. The second-order valence-corrected chi connectivity index (χ2v) is 3.85. The maximum atomic E-state index is 10.6. The molecule has 0 aromatic carbocycles. The topological polar surface area (TPSA) is 46.1 Å². The van der Waals surface area contributed by atoms with Crippen LogP contribution in [0.1, 0.15) is 26.0 Å². The Bertz CT molecular complexity index is 320. The summed E-state index contributed by atoms with van der Waals surface area (Å²) in [6.45, 7) is 7.11. The Kier molecular flexibility index (Phi) is 5.64. The van der Waals surface area contributed by atoms with Crippen LogP contribution in [0.4, 0.5) is 0 Å². The third-order valence-corrected chi connectivity index (χ3v) is 2.37. The summed E-state index contributed by atoms with van der Waals surface area (Å²) in [5.41, 5.74) is 1.30. The van der Waals surface area contributed by atoms with Crippen LogP contribution in [0.2, 0.25) is 0 Å². The van der Waals surface area contributed by atoms with Crippen molar-refractivity contribution in [2.24, 2.45) is 0 Å². The summed E-state index contributed by atoms with van der Waals surface area (Å²) in [7, 11) is 0. The normalized spacial score (nSPS) is 10.4. The van der Waals surface area contributed by atoms with Gasteiger partial charge in [-0.1, -0.05) is 6.92 Å². The van der Waals surface area contributed by atoms with Gasteiger partial charge >= 0.3 is 0 Å². The molecule has 1 amide bonds. The average molecular weight is 223 g/mol. The van der Waals surface area contributed by atoms with Crippen molar-refractivity contribution in [3.05, 3.63) is 24.0 Å². The first-order valence-corrected chi connectivity index (χ1v) is 5.83. The molecule has 0 fully saturated rings. The molecule has 4 nitrogen and oxygen atoms in total. The van der Waals surface area contributed by atoms with Gasteiger partial charge in [0, 0.05) is 45.0 Å². The zero-order valence-corrected chi connectivity index (χ0v) is 10.1. The first-order chi connectivity index (χ1) is 7.74. The van der Waals surface area contributed by atoms with Crippen molar-refractivity contribution in [1.29, 1.82) is 0 Å². The van der Waals surface area contributed by atoms with Gasteiger partial charge < -0.3 is 15.2 Å². The minimum atomic E-state index is 0.0242. The molecule has 0 aliphatic heterocycles. The Morgan fingerprint density at radius 1 is 1.44 bits per heavy atom. The number of nitrogens with zero attached hydrogens (tertiary/aromatic N) is 1. The van der Waals surface area contributed by atoms with E-state index < -0.39 is 0 Å². The molecule has 0 saturated carbocycles. The molecule has 1 aromatic heterocycles. The number of carbonyl (C=O) groups is 1. The van der Waals surface area contributed by atoms with Gasteiger partial charge in [-0.3, -0.25) is 4.79 Å². The Morgan fingerprint density at radius 3 is 2.94 bits per heavy atom. The number of aryl methyl sites for hydroxylation is 1. The number of hydrogen-bond acceptors (Lipinski definition) is 2. The molecule has 4 heteroatoms. The van der Waals surface area contributed by atoms with Crippen molar-refractivity contribution in [3.8, 4) is 0 Å². The average Bonchev–Trinajstić information content (AvgIpc) is 2.65. The molecular formula is C12H21N3O. The van der Waals surface area contributed by atoms with Crippen molar-refractivity contribution in [1.82, 2.24) is 15.2 Å². The Labute approximate surface area is 97.0 Å². The van der Waals surface area contributed by atoms with Gasteiger partial charge in [-0.2, -0.15) is 0 Å². The largest absolute Gasteiger partial charge is 0.355 e. The summed E-state index contributed by atoms with van der Waals surface area (Å²) in [5, 5.41) is 6.06. The molecule has 0 bridgehead atoms. The number of hydrogen-bond donors (Lipinski definition) is 2. The zero-order valence-electron chi connectivity index (χ0n) is 10.1. The molecule has 1 aromatic rings. The summed E-state index contributed by atoms with van der Waals surface area (Å²) < 4.78 is 2.26. The number of amides is 1. The minimum absolute atomic E-state index is 0.0242. The Hall–Kier alpha value is -1.29. The highest BCUT2D eigenvalue weighted by Gasteiger charge is 1.98. The molecule has 90 valence electrons. The third kappa shape index (κ3) is 4.49. The molecule has 0 aliphatic rings. The second-order valence-electron chi connectivity index (χ2n) is 3.85. The van der Waals surface area contributed by atoms with Crippen molar-refractivity contribution in [2.75, 3.05) is 13.1 Å². The highest BCUT2D eigenvalue weighted by molar-refractivity contribution is 5.72. The van der Waals surface area contributed by atoms with Crippen LogP contribution < -0.4 is 10.6 Å². The van der Waals surface area contributed by atoms with Gasteiger partial charge in [0.25, 0.3) is 0 Å². The van der Waals surface area contributed by atoms with Crippen LogP contribution in [-0.4, -0.2) is 23.6 Å². The molecule has 2 N–H and O–H groups in total. The molecule has 16 heavy (non-hydrogen) atoms. The van der Waals surface area contributed by atoms with Crippen molar-refractivity contribution < 1.29 is 4.79 Å². The fraction of sp³-hybridized carbons (Fsp3) is 0.583. The van der Waals surface area contributed by atoms with E-state index in [1.54, 1.807) is 0 Å². The van der Waals surface area contributed by atoms with E-state index in [2.05, 4.69) is 40.5 Å². The predicted octanol–water partition coefficient (Wildman–Crippen LogP) is 1.12. The van der Waals surface area contributed by atoms with Crippen molar-refractivity contribution in [3.63, 3.8) is 0 Å². The van der Waals surface area contributed by atoms with Crippen molar-refractivity contribution in [2.45, 2.75) is 33.4 Å². The lowest BCUT2D eigenvalue weighted by Crippen LogP contribution is -2.30. The van der Waals surface area contributed by atoms with E-state index in [1.807, 2.05) is 0 Å². The highest BCUT2D eigenvalue weighted by Crippen LogP contribution is 2.02. The molecule has 0 spiro atoms. The lowest BCUT2D eigenvalue weighted by Gasteiger charge is -2.09. The fourth-order valence-electron chi connectivity index (χ4n) is 1.61. The molecule has 0 saturated heterocycles. The van der Waals surface area contributed by atoms with E-state index in [-0.39, 0.29) is 5.91 Å². The van der Waals surface area contributed by atoms with Crippen LogP contribution in [0.25, 0.3) is 0 Å². The quantitative estimate of drug-likeness (QED) is 0.681. The Morgan fingerprint density at radius 2 is 2.25 bits per heavy atom. The van der Waals surface area contributed by atoms with Gasteiger partial charge in [-0.05, 0) is 18.6 Å². The molecule has 0 aliphatic carbocycles. The molecular weight excluding hydrogens is 202 g/mol. The van der Waals surface area contributed by atoms with Gasteiger partial charge in [-0.15, -0.1) is 0 Å². The molecule has 1 rings (SSSR count). The fourth-order valence-corrected chi connectivity index (χ4v) is 1.61. The van der Waals surface area contributed by atoms with E-state index >= 15 is 0 Å². The van der Waals surface area contributed by atoms with Crippen molar-refractivity contribution >= 4 is 5.91 Å². The molecule has 1 heterocycles. The van der Waals surface area contributed by atoms with Gasteiger partial charge in [-0.25, -0.2) is 0 Å². The SMILES string of the molecule is CCCn1cccc1CNCCNC(C)=O. The second kappa shape index (κ2) is 7.06. The number of rotatable bonds is 7. The first-order valence-electron chi connectivity index (χ1n) is 5.83. The first kappa shape index (κ1) is 12.8. The van der Waals surface area contributed by atoms with Gasteiger partial charge in [0.1, 0.15) is 0 Å². The molecule has 0 atom stereocenters. The summed E-state index contributed by atoms with van der Waals surface area (Å²) in [6, 6.07) is 4.20. The summed E-state index contributed by atoms with van der Waals surface area (Å²) >= 11 is 0. The van der Waals surface area contributed by atoms with E-state index in [0.29, 0.717) is 6.54 Å². The van der Waals surface area contributed by atoms with Crippen LogP contribution in [-0.2, 0) is 17.9 Å². The van der Waals surface area contributed by atoms with Gasteiger partial charge in [0.05, 0.1) is 0 Å². The smallest absolute Gasteiger partial charge is 0.216 e. The molecule has 0 unspecified atom stereocenters. The zero-order chi connectivity index (χ0) is 11.8. The van der Waals surface area contributed by atoms with E-state index in [4.69, 9.17) is 0 Å². The summed E-state index contributed by atoms with van der Waals surface area (Å²) in [5.74, 6) is 0.0242. The predicted molar refractivity (Wildman–Crippen MR) is 65.1 cm³/mol.